The average Bonchev–Trinajstić information content (AvgIpc) is 2.84. The Labute approximate surface area is 200 Å². The van der Waals surface area contributed by atoms with Gasteiger partial charge in [0.05, 0.1) is 0 Å². The fourth-order valence-corrected chi connectivity index (χ4v) is 2.81. The highest BCUT2D eigenvalue weighted by Crippen LogP contribution is 2.11. The molecule has 2 amide bonds. The zero-order valence-electron chi connectivity index (χ0n) is 19.4. The van der Waals surface area contributed by atoms with E-state index in [1.807, 2.05) is 12.1 Å². The van der Waals surface area contributed by atoms with Crippen molar-refractivity contribution in [3.63, 3.8) is 0 Å². The number of rotatable bonds is 9. The Bertz CT molecular complexity index is 1110. The number of nitrogens with two attached hydrogens (primary N) is 1. The highest BCUT2D eigenvalue weighted by Gasteiger charge is 2.18. The number of anilines is 1. The van der Waals surface area contributed by atoms with Crippen LogP contribution in [0.1, 0.15) is 48.2 Å². The number of benzene rings is 2. The Morgan fingerprint density at radius 2 is 1.50 bits per heavy atom. The van der Waals surface area contributed by atoms with Crippen LogP contribution in [0.15, 0.2) is 48.5 Å². The molecule has 34 heavy (non-hydrogen) atoms. The third kappa shape index (κ3) is 8.91. The first-order valence-electron chi connectivity index (χ1n) is 11.0. The zero-order valence-corrected chi connectivity index (χ0v) is 19.4. The van der Waals surface area contributed by atoms with Crippen LogP contribution in [-0.2, 0) is 9.59 Å². The molecule has 176 valence electrons. The molecular formula is C27H29N3O4. The van der Waals surface area contributed by atoms with Crippen molar-refractivity contribution in [2.75, 3.05) is 18.5 Å². The molecule has 0 heterocycles. The van der Waals surface area contributed by atoms with E-state index in [1.165, 1.54) is 0 Å². The van der Waals surface area contributed by atoms with E-state index in [0.717, 1.165) is 17.7 Å². The number of carbonyl (C=O) groups is 3. The Morgan fingerprint density at radius 1 is 0.941 bits per heavy atom. The number of hydrogen-bond acceptors (Lipinski definition) is 5. The van der Waals surface area contributed by atoms with Crippen LogP contribution in [-0.4, -0.2) is 41.9 Å². The van der Waals surface area contributed by atoms with Crippen molar-refractivity contribution < 1.29 is 19.5 Å². The Hall–Kier alpha value is -3.91. The van der Waals surface area contributed by atoms with Gasteiger partial charge in [0.1, 0.15) is 12.6 Å². The lowest BCUT2D eigenvalue weighted by Gasteiger charge is -2.14. The van der Waals surface area contributed by atoms with Crippen molar-refractivity contribution in [1.29, 1.82) is 0 Å². The second-order valence-corrected chi connectivity index (χ2v) is 8.02. The van der Waals surface area contributed by atoms with Crippen LogP contribution in [0.25, 0.3) is 0 Å². The van der Waals surface area contributed by atoms with Gasteiger partial charge in [-0.3, -0.25) is 14.4 Å². The van der Waals surface area contributed by atoms with Crippen molar-refractivity contribution in [1.82, 2.24) is 5.32 Å². The van der Waals surface area contributed by atoms with E-state index in [-0.39, 0.29) is 12.5 Å². The Kier molecular flexibility index (Phi) is 10.5. The van der Waals surface area contributed by atoms with Gasteiger partial charge in [0.25, 0.3) is 5.91 Å². The number of hydrogen-bond donors (Lipinski definition) is 4. The summed E-state index contributed by atoms with van der Waals surface area (Å²) in [7, 11) is 0. The van der Waals surface area contributed by atoms with E-state index < -0.39 is 24.3 Å². The molecule has 5 N–H and O–H groups in total. The fraction of sp³-hybridized carbons (Fsp3) is 0.296. The molecule has 0 radical (unpaired) electrons. The van der Waals surface area contributed by atoms with Crippen molar-refractivity contribution in [3.05, 3.63) is 65.2 Å². The van der Waals surface area contributed by atoms with Crippen LogP contribution in [0.2, 0.25) is 0 Å². The molecule has 0 unspecified atom stereocenters. The normalized spacial score (nSPS) is 10.9. The molecule has 0 saturated carbocycles. The van der Waals surface area contributed by atoms with E-state index in [2.05, 4.69) is 48.2 Å². The van der Waals surface area contributed by atoms with Gasteiger partial charge in [-0.1, -0.05) is 25.7 Å². The molecule has 2 rings (SSSR count). The predicted molar refractivity (Wildman–Crippen MR) is 132 cm³/mol. The van der Waals surface area contributed by atoms with E-state index in [0.29, 0.717) is 23.5 Å². The minimum Gasteiger partial charge on any atom is -0.388 e. The minimum absolute atomic E-state index is 0.000235. The predicted octanol–water partition coefficient (Wildman–Crippen LogP) is 2.08. The Balaban J connectivity index is 1.92. The molecule has 2 aromatic rings. The van der Waals surface area contributed by atoms with Crippen LogP contribution in [0.4, 0.5) is 5.69 Å². The Morgan fingerprint density at radius 3 is 2.00 bits per heavy atom. The van der Waals surface area contributed by atoms with Crippen LogP contribution in [0, 0.1) is 29.6 Å². The summed E-state index contributed by atoms with van der Waals surface area (Å²) in [4.78, 5) is 35.6. The van der Waals surface area contributed by atoms with Crippen molar-refractivity contribution >= 4 is 23.3 Å². The van der Waals surface area contributed by atoms with Crippen molar-refractivity contribution in [2.24, 2.45) is 11.7 Å². The van der Waals surface area contributed by atoms with Gasteiger partial charge in [-0.15, -0.1) is 0 Å². The molecule has 1 atom stereocenters. The average molecular weight is 460 g/mol. The van der Waals surface area contributed by atoms with Gasteiger partial charge in [-0.25, -0.2) is 0 Å². The third-order valence-corrected chi connectivity index (χ3v) is 4.83. The maximum Gasteiger partial charge on any atom is 0.251 e. The molecular weight excluding hydrogens is 430 g/mol. The van der Waals surface area contributed by atoms with Gasteiger partial charge in [0.15, 0.2) is 5.78 Å². The minimum atomic E-state index is -0.928. The summed E-state index contributed by atoms with van der Waals surface area (Å²) in [5, 5.41) is 14.3. The lowest BCUT2D eigenvalue weighted by molar-refractivity contribution is -0.123. The zero-order chi connectivity index (χ0) is 24.9. The SMILES string of the molecule is CC(C)CCC(=O)Nc1ccc(C#CC#Cc2ccc(C(=O)N[C@@H](CN)C(=O)CO)cc2)cc1. The number of ketones is 1. The number of aliphatic hydroxyl groups excluding tert-OH is 1. The van der Waals surface area contributed by atoms with Crippen LogP contribution in [0.5, 0.6) is 0 Å². The maximum absolute atomic E-state index is 12.2. The summed E-state index contributed by atoms with van der Waals surface area (Å²) >= 11 is 0. The first-order valence-corrected chi connectivity index (χ1v) is 11.0. The molecule has 0 fully saturated rings. The molecule has 0 spiro atoms. The van der Waals surface area contributed by atoms with Gasteiger partial charge in [0, 0.05) is 35.3 Å². The number of nitrogens with one attached hydrogen (secondary N) is 2. The quantitative estimate of drug-likeness (QED) is 0.428. The third-order valence-electron chi connectivity index (χ3n) is 4.83. The fourth-order valence-electron chi connectivity index (χ4n) is 2.81. The lowest BCUT2D eigenvalue weighted by Crippen LogP contribution is -2.46. The number of aliphatic hydroxyl groups is 1. The molecule has 7 heteroatoms. The van der Waals surface area contributed by atoms with Crippen molar-refractivity contribution in [3.8, 4) is 23.7 Å². The number of amides is 2. The summed E-state index contributed by atoms with van der Waals surface area (Å²) in [6.45, 7) is 3.39. The molecule has 0 aliphatic rings. The van der Waals surface area contributed by atoms with Gasteiger partial charge in [0.2, 0.25) is 5.91 Å². The molecule has 0 aromatic heterocycles. The van der Waals surface area contributed by atoms with Gasteiger partial charge >= 0.3 is 0 Å². The molecule has 7 nitrogen and oxygen atoms in total. The second-order valence-electron chi connectivity index (χ2n) is 8.02. The largest absolute Gasteiger partial charge is 0.388 e. The standard InChI is InChI=1S/C27H29N3O4/c1-19(2)7-16-26(33)29-23-14-10-21(11-15-23)6-4-3-5-20-8-12-22(13-9-20)27(34)30-24(17-28)25(32)18-31/h8-15,19,24,31H,7,16-18,28H2,1-2H3,(H,29,33)(H,30,34)/t24-/m0/s1. The summed E-state index contributed by atoms with van der Waals surface area (Å²) in [5.74, 6) is 10.9. The summed E-state index contributed by atoms with van der Waals surface area (Å²) in [5.41, 5.74) is 7.98. The number of Topliss-reactive ketones (excluding diaryl/α,β-unsaturated/α-hetero) is 1. The summed E-state index contributed by atoms with van der Waals surface area (Å²) in [6.07, 6.45) is 1.35. The van der Waals surface area contributed by atoms with Gasteiger partial charge in [-0.05, 0) is 72.7 Å². The highest BCUT2D eigenvalue weighted by atomic mass is 16.3. The monoisotopic (exact) mass is 459 g/mol. The lowest BCUT2D eigenvalue weighted by atomic mass is 10.1. The van der Waals surface area contributed by atoms with Crippen molar-refractivity contribution in [2.45, 2.75) is 32.7 Å². The topological polar surface area (TPSA) is 122 Å². The molecule has 2 aromatic carbocycles. The first-order chi connectivity index (χ1) is 16.3. The van der Waals surface area contributed by atoms with Gasteiger partial charge in [-0.2, -0.15) is 0 Å². The van der Waals surface area contributed by atoms with Crippen LogP contribution in [0.3, 0.4) is 0 Å². The number of carbonyl (C=O) groups excluding carboxylic acids is 3. The highest BCUT2D eigenvalue weighted by molar-refractivity contribution is 5.98. The van der Waals surface area contributed by atoms with E-state index >= 15 is 0 Å². The molecule has 0 bridgehead atoms. The maximum atomic E-state index is 12.2. The summed E-state index contributed by atoms with van der Waals surface area (Å²) < 4.78 is 0. The van der Waals surface area contributed by atoms with E-state index in [1.54, 1.807) is 36.4 Å². The van der Waals surface area contributed by atoms with E-state index in [4.69, 9.17) is 10.8 Å². The first kappa shape index (κ1) is 26.3. The van der Waals surface area contributed by atoms with Crippen LogP contribution < -0.4 is 16.4 Å². The smallest absolute Gasteiger partial charge is 0.251 e. The van der Waals surface area contributed by atoms with Gasteiger partial charge < -0.3 is 21.5 Å². The van der Waals surface area contributed by atoms with E-state index in [9.17, 15) is 14.4 Å². The summed E-state index contributed by atoms with van der Waals surface area (Å²) in [6, 6.07) is 12.8. The molecule has 0 aliphatic carbocycles. The molecule has 0 saturated heterocycles. The molecule has 0 aliphatic heterocycles. The van der Waals surface area contributed by atoms with Crippen LogP contribution >= 0.6 is 0 Å². The second kappa shape index (κ2) is 13.6.